The molecular weight excluding hydrogens is 602 g/mol. The first-order valence-electron chi connectivity index (χ1n) is 16.1. The number of benzene rings is 2. The number of hydrogen-bond donors (Lipinski definition) is 3. The number of aryl methyl sites for hydroxylation is 2. The minimum atomic E-state index is -0.535. The van der Waals surface area contributed by atoms with Crippen molar-refractivity contribution in [2.75, 3.05) is 44.0 Å². The van der Waals surface area contributed by atoms with Gasteiger partial charge in [0.15, 0.2) is 5.76 Å². The topological polar surface area (TPSA) is 146 Å². The van der Waals surface area contributed by atoms with Gasteiger partial charge < -0.3 is 39.5 Å². The average Bonchev–Trinajstić information content (AvgIpc) is 3.38. The standard InChI is InChI=1S/C35H47N5O7/c1-22-19-40(23(2)21-41)34(43)29-18-28(36-33(42)27-13-8-7-9-14-27)15-16-30(29)46-24(3)12-10-11-17-45-31(22)20-39(6)35(44)37-32-25(4)38-47-26(32)5/h7-9,13-16,18,22-24,31,41H,10-12,17,19-21H2,1-6H3,(H,36,42)(H,37,44)/t22-,23-,24-,31+/m1/s1. The lowest BCUT2D eigenvalue weighted by atomic mass is 10.0. The van der Waals surface area contributed by atoms with Gasteiger partial charge in [-0.05, 0) is 77.3 Å². The number of carbonyl (C=O) groups is 3. The summed E-state index contributed by atoms with van der Waals surface area (Å²) in [5.74, 6) is 0.0416. The number of nitrogens with zero attached hydrogens (tertiary/aromatic N) is 3. The Morgan fingerprint density at radius 2 is 1.85 bits per heavy atom. The molecule has 4 atom stereocenters. The van der Waals surface area contributed by atoms with Crippen molar-refractivity contribution in [2.45, 2.75) is 72.1 Å². The monoisotopic (exact) mass is 649 g/mol. The number of rotatable bonds is 7. The molecule has 0 radical (unpaired) electrons. The molecule has 0 unspecified atom stereocenters. The Labute approximate surface area is 276 Å². The van der Waals surface area contributed by atoms with Crippen LogP contribution in [0.2, 0.25) is 0 Å². The van der Waals surface area contributed by atoms with Crippen LogP contribution in [-0.2, 0) is 4.74 Å². The largest absolute Gasteiger partial charge is 0.490 e. The second kappa shape index (κ2) is 16.4. The van der Waals surface area contributed by atoms with E-state index in [1.54, 1.807) is 80.1 Å². The molecule has 47 heavy (non-hydrogen) atoms. The Morgan fingerprint density at radius 3 is 2.53 bits per heavy atom. The van der Waals surface area contributed by atoms with E-state index in [0.29, 0.717) is 40.7 Å². The van der Waals surface area contributed by atoms with Crippen molar-refractivity contribution in [3.63, 3.8) is 0 Å². The van der Waals surface area contributed by atoms with Crippen LogP contribution in [0.1, 0.15) is 72.2 Å². The molecule has 4 rings (SSSR count). The minimum Gasteiger partial charge on any atom is -0.490 e. The summed E-state index contributed by atoms with van der Waals surface area (Å²) in [4.78, 5) is 43.6. The van der Waals surface area contributed by atoms with Crippen LogP contribution < -0.4 is 15.4 Å². The third-order valence-corrected chi connectivity index (χ3v) is 8.41. The summed E-state index contributed by atoms with van der Waals surface area (Å²) in [5.41, 5.74) is 2.33. The van der Waals surface area contributed by atoms with E-state index in [1.807, 2.05) is 19.9 Å². The number of ether oxygens (including phenoxy) is 2. The van der Waals surface area contributed by atoms with Crippen LogP contribution >= 0.6 is 0 Å². The van der Waals surface area contributed by atoms with Crippen molar-refractivity contribution >= 4 is 29.2 Å². The second-order valence-electron chi connectivity index (χ2n) is 12.3. The van der Waals surface area contributed by atoms with Gasteiger partial charge in [0.25, 0.3) is 11.8 Å². The maximum Gasteiger partial charge on any atom is 0.321 e. The molecule has 0 fully saturated rings. The summed E-state index contributed by atoms with van der Waals surface area (Å²) in [5, 5.41) is 19.9. The number of aromatic nitrogens is 1. The maximum absolute atomic E-state index is 14.3. The van der Waals surface area contributed by atoms with Crippen molar-refractivity contribution < 1.29 is 33.5 Å². The number of fused-ring (bicyclic) bond motifs is 1. The molecule has 12 nitrogen and oxygen atoms in total. The molecule has 4 amide bonds. The molecule has 3 N–H and O–H groups in total. The quantitative estimate of drug-likeness (QED) is 0.304. The summed E-state index contributed by atoms with van der Waals surface area (Å²) in [6, 6.07) is 13.0. The zero-order valence-electron chi connectivity index (χ0n) is 28.1. The molecule has 2 heterocycles. The Hall–Kier alpha value is -4.42. The molecule has 0 bridgehead atoms. The fourth-order valence-corrected chi connectivity index (χ4v) is 5.47. The second-order valence-corrected chi connectivity index (χ2v) is 12.3. The molecule has 0 spiro atoms. The predicted octanol–water partition coefficient (Wildman–Crippen LogP) is 5.50. The summed E-state index contributed by atoms with van der Waals surface area (Å²) in [6.45, 7) is 9.90. The van der Waals surface area contributed by atoms with Gasteiger partial charge in [0.05, 0.1) is 30.4 Å². The molecule has 1 aromatic heterocycles. The number of hydrogen-bond acceptors (Lipinski definition) is 8. The molecule has 254 valence electrons. The van der Waals surface area contributed by atoms with Gasteiger partial charge in [0.2, 0.25) is 0 Å². The number of likely N-dealkylation sites (N-methyl/N-ethyl adjacent to an activating group) is 1. The highest BCUT2D eigenvalue weighted by Crippen LogP contribution is 2.29. The van der Waals surface area contributed by atoms with Crippen LogP contribution in [-0.4, -0.2) is 89.5 Å². The summed E-state index contributed by atoms with van der Waals surface area (Å²) in [6.07, 6.45) is 1.77. The van der Waals surface area contributed by atoms with Gasteiger partial charge >= 0.3 is 6.03 Å². The van der Waals surface area contributed by atoms with Crippen molar-refractivity contribution in [3.05, 3.63) is 71.1 Å². The zero-order chi connectivity index (χ0) is 34.1. The number of aliphatic hydroxyl groups is 1. The third kappa shape index (κ3) is 9.32. The highest BCUT2D eigenvalue weighted by molar-refractivity contribution is 6.05. The number of anilines is 2. The van der Waals surface area contributed by atoms with Crippen LogP contribution in [0.4, 0.5) is 16.2 Å². The van der Waals surface area contributed by atoms with Gasteiger partial charge in [-0.3, -0.25) is 9.59 Å². The van der Waals surface area contributed by atoms with E-state index >= 15 is 0 Å². The van der Waals surface area contributed by atoms with Crippen LogP contribution in [0.5, 0.6) is 5.75 Å². The highest BCUT2D eigenvalue weighted by atomic mass is 16.5. The van der Waals surface area contributed by atoms with Crippen molar-refractivity contribution in [1.29, 1.82) is 0 Å². The fourth-order valence-electron chi connectivity index (χ4n) is 5.47. The van der Waals surface area contributed by atoms with E-state index in [0.717, 1.165) is 19.3 Å². The predicted molar refractivity (Wildman–Crippen MR) is 179 cm³/mol. The number of nitrogens with one attached hydrogen (secondary N) is 2. The normalized spacial score (nSPS) is 19.9. The Kier molecular flexibility index (Phi) is 12.4. The molecule has 0 saturated heterocycles. The number of amides is 4. The number of carbonyl (C=O) groups excluding carboxylic acids is 3. The van der Waals surface area contributed by atoms with E-state index < -0.39 is 12.1 Å². The van der Waals surface area contributed by atoms with Gasteiger partial charge in [-0.15, -0.1) is 0 Å². The van der Waals surface area contributed by atoms with E-state index in [1.165, 1.54) is 0 Å². The lowest BCUT2D eigenvalue weighted by Crippen LogP contribution is -2.48. The lowest BCUT2D eigenvalue weighted by molar-refractivity contribution is -0.0115. The first-order chi connectivity index (χ1) is 22.5. The van der Waals surface area contributed by atoms with Crippen LogP contribution in [0.3, 0.4) is 0 Å². The molecule has 0 aliphatic carbocycles. The van der Waals surface area contributed by atoms with Crippen LogP contribution in [0, 0.1) is 19.8 Å². The molecular formula is C35H47N5O7. The third-order valence-electron chi connectivity index (χ3n) is 8.41. The summed E-state index contributed by atoms with van der Waals surface area (Å²) >= 11 is 0. The Morgan fingerprint density at radius 1 is 1.11 bits per heavy atom. The molecule has 1 aliphatic heterocycles. The average molecular weight is 650 g/mol. The molecule has 3 aromatic rings. The molecule has 12 heteroatoms. The Bertz CT molecular complexity index is 1490. The van der Waals surface area contributed by atoms with Gasteiger partial charge in [-0.2, -0.15) is 0 Å². The first-order valence-corrected chi connectivity index (χ1v) is 16.1. The van der Waals surface area contributed by atoms with Crippen LogP contribution in [0.15, 0.2) is 53.1 Å². The number of aliphatic hydroxyl groups excluding tert-OH is 1. The van der Waals surface area contributed by atoms with Crippen molar-refractivity contribution in [3.8, 4) is 5.75 Å². The Balaban J connectivity index is 1.60. The molecule has 2 aromatic carbocycles. The van der Waals surface area contributed by atoms with Crippen LogP contribution in [0.25, 0.3) is 0 Å². The minimum absolute atomic E-state index is 0.188. The summed E-state index contributed by atoms with van der Waals surface area (Å²) in [7, 11) is 1.69. The maximum atomic E-state index is 14.3. The first kappa shape index (κ1) is 35.4. The SMILES string of the molecule is Cc1noc(C)c1NC(=O)N(C)C[C@@H]1OCCCC[C@@H](C)Oc2ccc(NC(=O)c3ccccc3)cc2C(=O)N([C@H](C)CO)C[C@H]1C. The molecule has 1 aliphatic rings. The molecule has 0 saturated carbocycles. The van der Waals surface area contributed by atoms with E-state index in [9.17, 15) is 19.5 Å². The number of urea groups is 1. The van der Waals surface area contributed by atoms with E-state index in [4.69, 9.17) is 14.0 Å². The van der Waals surface area contributed by atoms with E-state index in [2.05, 4.69) is 15.8 Å². The van der Waals surface area contributed by atoms with E-state index in [-0.39, 0.29) is 55.1 Å². The smallest absolute Gasteiger partial charge is 0.321 e. The fraction of sp³-hybridized carbons (Fsp3) is 0.486. The van der Waals surface area contributed by atoms with Gasteiger partial charge in [-0.1, -0.05) is 30.3 Å². The lowest BCUT2D eigenvalue weighted by Gasteiger charge is -2.35. The highest BCUT2D eigenvalue weighted by Gasteiger charge is 2.31. The van der Waals surface area contributed by atoms with Gasteiger partial charge in [0.1, 0.15) is 17.1 Å². The summed E-state index contributed by atoms with van der Waals surface area (Å²) < 4.78 is 17.8. The van der Waals surface area contributed by atoms with Gasteiger partial charge in [-0.25, -0.2) is 4.79 Å². The van der Waals surface area contributed by atoms with Crippen molar-refractivity contribution in [2.24, 2.45) is 5.92 Å². The van der Waals surface area contributed by atoms with Crippen molar-refractivity contribution in [1.82, 2.24) is 15.0 Å². The van der Waals surface area contributed by atoms with Gasteiger partial charge in [0, 0.05) is 43.9 Å². The zero-order valence-corrected chi connectivity index (χ0v) is 28.1.